The second-order valence-electron chi connectivity index (χ2n) is 6.81. The van der Waals surface area contributed by atoms with E-state index in [1.807, 2.05) is 25.2 Å². The first-order chi connectivity index (χ1) is 12.6. The van der Waals surface area contributed by atoms with Gasteiger partial charge in [-0.1, -0.05) is 19.1 Å². The van der Waals surface area contributed by atoms with E-state index in [9.17, 15) is 4.79 Å². The lowest BCUT2D eigenvalue weighted by molar-refractivity contribution is 0.0963. The molecule has 1 heterocycles. The van der Waals surface area contributed by atoms with E-state index in [2.05, 4.69) is 45.5 Å². The first-order valence-electron chi connectivity index (χ1n) is 9.55. The number of guanidine groups is 1. The number of nitrogens with zero attached hydrogens (tertiary/aromatic N) is 3. The second kappa shape index (κ2) is 10.2. The van der Waals surface area contributed by atoms with E-state index in [0.717, 1.165) is 37.6 Å². The van der Waals surface area contributed by atoms with Crippen LogP contribution in [0.3, 0.4) is 0 Å². The molecule has 1 aliphatic heterocycles. The molecule has 1 saturated heterocycles. The van der Waals surface area contributed by atoms with Crippen LogP contribution in [0.4, 0.5) is 0 Å². The average Bonchev–Trinajstić information content (AvgIpc) is 3.11. The van der Waals surface area contributed by atoms with Crippen LogP contribution < -0.4 is 10.6 Å². The van der Waals surface area contributed by atoms with Crippen LogP contribution in [0.5, 0.6) is 0 Å². The Balaban J connectivity index is 1.84. The van der Waals surface area contributed by atoms with Crippen LogP contribution in [0, 0.1) is 0 Å². The highest BCUT2D eigenvalue weighted by Crippen LogP contribution is 2.17. The minimum absolute atomic E-state index is 0.0487. The number of rotatable bonds is 7. The maximum absolute atomic E-state index is 11.7. The number of carbonyl (C=O) groups is 1. The predicted octanol–water partition coefficient (Wildman–Crippen LogP) is 1.58. The molecule has 1 amide bonds. The van der Waals surface area contributed by atoms with E-state index in [1.54, 1.807) is 7.05 Å². The fourth-order valence-electron chi connectivity index (χ4n) is 3.64. The predicted molar refractivity (Wildman–Crippen MR) is 108 cm³/mol. The molecular formula is C20H33N5O. The lowest BCUT2D eigenvalue weighted by Crippen LogP contribution is -2.46. The number of likely N-dealkylation sites (tertiary alicyclic amines) is 1. The molecule has 0 aromatic heterocycles. The van der Waals surface area contributed by atoms with Crippen LogP contribution >= 0.6 is 0 Å². The van der Waals surface area contributed by atoms with Gasteiger partial charge in [0, 0.05) is 45.8 Å². The number of benzene rings is 1. The summed E-state index contributed by atoms with van der Waals surface area (Å²) in [6.45, 7) is 6.35. The average molecular weight is 360 g/mol. The SMILES string of the molecule is CCN1CCCC1CN(C)C(=NC)NCCc1cccc(C(=O)NC)c1. The normalized spacial score (nSPS) is 18.0. The van der Waals surface area contributed by atoms with Crippen LogP contribution in [-0.4, -0.2) is 75.0 Å². The van der Waals surface area contributed by atoms with Gasteiger partial charge in [0.2, 0.25) is 0 Å². The van der Waals surface area contributed by atoms with Gasteiger partial charge in [0.25, 0.3) is 5.91 Å². The highest BCUT2D eigenvalue weighted by atomic mass is 16.1. The van der Waals surface area contributed by atoms with Gasteiger partial charge in [-0.05, 0) is 50.0 Å². The fraction of sp³-hybridized carbons (Fsp3) is 0.600. The van der Waals surface area contributed by atoms with Crippen LogP contribution in [0.1, 0.15) is 35.7 Å². The summed E-state index contributed by atoms with van der Waals surface area (Å²) in [5.74, 6) is 0.878. The number of hydrogen-bond acceptors (Lipinski definition) is 3. The Bertz CT molecular complexity index is 616. The van der Waals surface area contributed by atoms with Crippen LogP contribution in [0.2, 0.25) is 0 Å². The molecule has 0 aliphatic carbocycles. The molecule has 1 aromatic carbocycles. The summed E-state index contributed by atoms with van der Waals surface area (Å²) < 4.78 is 0. The standard InChI is InChI=1S/C20H33N5O/c1-5-25-13-7-10-18(25)15-24(4)20(22-3)23-12-11-16-8-6-9-17(14-16)19(26)21-2/h6,8-9,14,18H,5,7,10-13,15H2,1-4H3,(H,21,26)(H,22,23). The van der Waals surface area contributed by atoms with Crippen LogP contribution in [-0.2, 0) is 6.42 Å². The highest BCUT2D eigenvalue weighted by Gasteiger charge is 2.24. The number of amides is 1. The summed E-state index contributed by atoms with van der Waals surface area (Å²) in [5, 5.41) is 6.11. The highest BCUT2D eigenvalue weighted by molar-refractivity contribution is 5.94. The van der Waals surface area contributed by atoms with Crippen LogP contribution in [0.15, 0.2) is 29.3 Å². The monoisotopic (exact) mass is 359 g/mol. The van der Waals surface area contributed by atoms with Crippen molar-refractivity contribution >= 4 is 11.9 Å². The summed E-state index contributed by atoms with van der Waals surface area (Å²) in [5.41, 5.74) is 1.84. The van der Waals surface area contributed by atoms with Crippen molar-refractivity contribution in [1.29, 1.82) is 0 Å². The molecule has 26 heavy (non-hydrogen) atoms. The molecule has 0 radical (unpaired) electrons. The van der Waals surface area contributed by atoms with Gasteiger partial charge < -0.3 is 15.5 Å². The Hall–Kier alpha value is -2.08. The van der Waals surface area contributed by atoms with Crippen molar-refractivity contribution in [3.8, 4) is 0 Å². The summed E-state index contributed by atoms with van der Waals surface area (Å²) in [6, 6.07) is 8.39. The molecule has 2 rings (SSSR count). The quantitative estimate of drug-likeness (QED) is 0.573. The van der Waals surface area contributed by atoms with Gasteiger partial charge in [0.15, 0.2) is 5.96 Å². The molecule has 6 nitrogen and oxygen atoms in total. The molecule has 1 unspecified atom stereocenters. The van der Waals surface area contributed by atoms with E-state index >= 15 is 0 Å². The van der Waals surface area contributed by atoms with E-state index in [-0.39, 0.29) is 5.91 Å². The first kappa shape index (κ1) is 20.2. The van der Waals surface area contributed by atoms with Crippen molar-refractivity contribution in [1.82, 2.24) is 20.4 Å². The van der Waals surface area contributed by atoms with E-state index in [1.165, 1.54) is 19.4 Å². The van der Waals surface area contributed by atoms with Crippen molar-refractivity contribution < 1.29 is 4.79 Å². The third kappa shape index (κ3) is 5.46. The van der Waals surface area contributed by atoms with E-state index < -0.39 is 0 Å². The Kier molecular flexibility index (Phi) is 7.91. The maximum Gasteiger partial charge on any atom is 0.251 e. The van der Waals surface area contributed by atoms with Gasteiger partial charge in [0.1, 0.15) is 0 Å². The summed E-state index contributed by atoms with van der Waals surface area (Å²) in [4.78, 5) is 20.9. The largest absolute Gasteiger partial charge is 0.356 e. The van der Waals surface area contributed by atoms with Crippen molar-refractivity contribution in [3.63, 3.8) is 0 Å². The van der Waals surface area contributed by atoms with Gasteiger partial charge in [-0.3, -0.25) is 14.7 Å². The molecule has 2 N–H and O–H groups in total. The van der Waals surface area contributed by atoms with Gasteiger partial charge in [0.05, 0.1) is 0 Å². The Morgan fingerprint density at radius 1 is 1.42 bits per heavy atom. The Labute approximate surface area is 157 Å². The third-order valence-electron chi connectivity index (χ3n) is 5.08. The minimum atomic E-state index is -0.0487. The van der Waals surface area contributed by atoms with E-state index in [0.29, 0.717) is 11.6 Å². The zero-order valence-corrected chi connectivity index (χ0v) is 16.6. The Morgan fingerprint density at radius 2 is 2.23 bits per heavy atom. The molecule has 144 valence electrons. The lowest BCUT2D eigenvalue weighted by atomic mass is 10.1. The number of aliphatic imine (C=N–C) groups is 1. The summed E-state index contributed by atoms with van der Waals surface area (Å²) >= 11 is 0. The molecule has 1 fully saturated rings. The van der Waals surface area contributed by atoms with Gasteiger partial charge in [-0.25, -0.2) is 0 Å². The molecule has 1 aliphatic rings. The van der Waals surface area contributed by atoms with Crippen molar-refractivity contribution in [2.45, 2.75) is 32.2 Å². The maximum atomic E-state index is 11.7. The summed E-state index contributed by atoms with van der Waals surface area (Å²) in [6.07, 6.45) is 3.41. The molecule has 0 saturated carbocycles. The second-order valence-corrected chi connectivity index (χ2v) is 6.81. The lowest BCUT2D eigenvalue weighted by Gasteiger charge is -2.29. The first-order valence-corrected chi connectivity index (χ1v) is 9.55. The molecule has 1 atom stereocenters. The van der Waals surface area contributed by atoms with Crippen molar-refractivity contribution in [3.05, 3.63) is 35.4 Å². The zero-order chi connectivity index (χ0) is 18.9. The van der Waals surface area contributed by atoms with Gasteiger partial charge >= 0.3 is 0 Å². The number of nitrogens with one attached hydrogen (secondary N) is 2. The van der Waals surface area contributed by atoms with E-state index in [4.69, 9.17) is 0 Å². The molecule has 6 heteroatoms. The third-order valence-corrected chi connectivity index (χ3v) is 5.08. The molecule has 1 aromatic rings. The van der Waals surface area contributed by atoms with Crippen molar-refractivity contribution in [2.75, 3.05) is 47.3 Å². The number of likely N-dealkylation sites (N-methyl/N-ethyl adjacent to an activating group) is 2. The smallest absolute Gasteiger partial charge is 0.251 e. The van der Waals surface area contributed by atoms with Crippen LogP contribution in [0.25, 0.3) is 0 Å². The fourth-order valence-corrected chi connectivity index (χ4v) is 3.64. The topological polar surface area (TPSA) is 60.0 Å². The summed E-state index contributed by atoms with van der Waals surface area (Å²) in [7, 11) is 5.59. The molecular weight excluding hydrogens is 326 g/mol. The van der Waals surface area contributed by atoms with Crippen molar-refractivity contribution in [2.24, 2.45) is 4.99 Å². The molecule has 0 spiro atoms. The van der Waals surface area contributed by atoms with Gasteiger partial charge in [-0.2, -0.15) is 0 Å². The minimum Gasteiger partial charge on any atom is -0.356 e. The molecule has 0 bridgehead atoms. The van der Waals surface area contributed by atoms with Gasteiger partial charge in [-0.15, -0.1) is 0 Å². The number of hydrogen-bond donors (Lipinski definition) is 2. The number of carbonyl (C=O) groups excluding carboxylic acids is 1. The zero-order valence-electron chi connectivity index (χ0n) is 16.6. The Morgan fingerprint density at radius 3 is 2.92 bits per heavy atom.